The Morgan fingerprint density at radius 3 is 3.05 bits per heavy atom. The maximum Gasteiger partial charge on any atom is 0.221 e. The van der Waals surface area contributed by atoms with Crippen LogP contribution in [0.2, 0.25) is 0 Å². The van der Waals surface area contributed by atoms with E-state index >= 15 is 0 Å². The van der Waals surface area contributed by atoms with Crippen LogP contribution < -0.4 is 5.32 Å². The van der Waals surface area contributed by atoms with E-state index in [-0.39, 0.29) is 11.7 Å². The van der Waals surface area contributed by atoms with Crippen molar-refractivity contribution in [1.29, 1.82) is 0 Å². The molecule has 0 unspecified atom stereocenters. The summed E-state index contributed by atoms with van der Waals surface area (Å²) in [5, 5.41) is 6.70. The van der Waals surface area contributed by atoms with E-state index in [1.165, 1.54) is 18.5 Å². The molecule has 0 aliphatic rings. The van der Waals surface area contributed by atoms with Gasteiger partial charge in [-0.1, -0.05) is 12.1 Å². The third kappa shape index (κ3) is 4.50. The van der Waals surface area contributed by atoms with Gasteiger partial charge in [0.2, 0.25) is 5.91 Å². The molecule has 0 bridgehead atoms. The van der Waals surface area contributed by atoms with Crippen LogP contribution in [0.25, 0.3) is 0 Å². The van der Waals surface area contributed by atoms with Gasteiger partial charge in [-0.3, -0.25) is 9.48 Å². The van der Waals surface area contributed by atoms with Gasteiger partial charge in [0.15, 0.2) is 0 Å². The van der Waals surface area contributed by atoms with Crippen LogP contribution in [0.3, 0.4) is 0 Å². The summed E-state index contributed by atoms with van der Waals surface area (Å²) in [5.74, 6) is -0.304. The maximum atomic E-state index is 12.9. The van der Waals surface area contributed by atoms with Gasteiger partial charge in [-0.25, -0.2) is 9.37 Å². The number of halogens is 1. The van der Waals surface area contributed by atoms with E-state index in [9.17, 15) is 9.18 Å². The second-order valence-corrected chi connectivity index (χ2v) is 4.14. The highest BCUT2D eigenvalue weighted by Crippen LogP contribution is 2.03. The van der Waals surface area contributed by atoms with Crippen molar-refractivity contribution in [3.63, 3.8) is 0 Å². The minimum absolute atomic E-state index is 0.0492. The molecular formula is C13H15FN4O. The summed E-state index contributed by atoms with van der Waals surface area (Å²) in [6.07, 6.45) is 3.97. The Morgan fingerprint density at radius 1 is 1.42 bits per heavy atom. The molecule has 0 aliphatic heterocycles. The first-order valence-corrected chi connectivity index (χ1v) is 6.07. The number of aromatic nitrogens is 3. The first-order chi connectivity index (χ1) is 9.24. The Labute approximate surface area is 110 Å². The Morgan fingerprint density at radius 2 is 2.32 bits per heavy atom. The third-order valence-corrected chi connectivity index (χ3v) is 2.66. The van der Waals surface area contributed by atoms with Gasteiger partial charge < -0.3 is 5.32 Å². The molecule has 1 aromatic carbocycles. The van der Waals surface area contributed by atoms with Crippen LogP contribution in [0.5, 0.6) is 0 Å². The van der Waals surface area contributed by atoms with Crippen LogP contribution in [0.4, 0.5) is 4.39 Å². The fourth-order valence-corrected chi connectivity index (χ4v) is 1.69. The number of nitrogens with one attached hydrogen (secondary N) is 1. The van der Waals surface area contributed by atoms with Crippen molar-refractivity contribution in [1.82, 2.24) is 20.1 Å². The van der Waals surface area contributed by atoms with Gasteiger partial charge in [0.1, 0.15) is 18.5 Å². The third-order valence-electron chi connectivity index (χ3n) is 2.66. The molecule has 0 radical (unpaired) electrons. The molecule has 0 saturated heterocycles. The Bertz CT molecular complexity index is 527. The molecule has 2 rings (SSSR count). The molecule has 0 fully saturated rings. The van der Waals surface area contributed by atoms with E-state index in [4.69, 9.17) is 0 Å². The zero-order chi connectivity index (χ0) is 13.5. The normalized spacial score (nSPS) is 10.4. The van der Waals surface area contributed by atoms with Gasteiger partial charge in [-0.05, 0) is 24.1 Å². The molecule has 1 N–H and O–H groups in total. The number of aryl methyl sites for hydroxylation is 1. The fraction of sp³-hybridized carbons (Fsp3) is 0.308. The lowest BCUT2D eigenvalue weighted by atomic mass is 10.1. The van der Waals surface area contributed by atoms with Gasteiger partial charge >= 0.3 is 0 Å². The van der Waals surface area contributed by atoms with Crippen molar-refractivity contribution in [3.05, 3.63) is 48.3 Å². The van der Waals surface area contributed by atoms with Gasteiger partial charge in [0.05, 0.1) is 6.54 Å². The summed E-state index contributed by atoms with van der Waals surface area (Å²) >= 11 is 0. The van der Waals surface area contributed by atoms with Gasteiger partial charge in [-0.2, -0.15) is 5.10 Å². The minimum Gasteiger partial charge on any atom is -0.356 e. The largest absolute Gasteiger partial charge is 0.356 e. The molecule has 1 amide bonds. The quantitative estimate of drug-likeness (QED) is 0.850. The predicted molar refractivity (Wildman–Crippen MR) is 67.8 cm³/mol. The van der Waals surface area contributed by atoms with E-state index in [0.29, 0.717) is 25.9 Å². The highest BCUT2D eigenvalue weighted by Gasteiger charge is 2.02. The Kier molecular flexibility index (Phi) is 4.60. The van der Waals surface area contributed by atoms with Crippen LogP contribution in [0, 0.1) is 5.82 Å². The van der Waals surface area contributed by atoms with E-state index in [1.54, 1.807) is 17.1 Å². The van der Waals surface area contributed by atoms with Crippen molar-refractivity contribution in [3.8, 4) is 0 Å². The summed E-state index contributed by atoms with van der Waals surface area (Å²) in [5.41, 5.74) is 0.872. The number of benzene rings is 1. The molecule has 0 aliphatic carbocycles. The van der Waals surface area contributed by atoms with Crippen molar-refractivity contribution < 1.29 is 9.18 Å². The molecule has 100 valence electrons. The second kappa shape index (κ2) is 6.63. The first kappa shape index (κ1) is 13.2. The number of nitrogens with zero attached hydrogens (tertiary/aromatic N) is 3. The average molecular weight is 262 g/mol. The van der Waals surface area contributed by atoms with Crippen molar-refractivity contribution in [2.75, 3.05) is 6.54 Å². The second-order valence-electron chi connectivity index (χ2n) is 4.14. The number of hydrogen-bond donors (Lipinski definition) is 1. The monoisotopic (exact) mass is 262 g/mol. The Balaban J connectivity index is 1.66. The summed E-state index contributed by atoms with van der Waals surface area (Å²) in [4.78, 5) is 15.3. The Hall–Kier alpha value is -2.24. The average Bonchev–Trinajstić information content (AvgIpc) is 2.89. The lowest BCUT2D eigenvalue weighted by Crippen LogP contribution is -2.26. The molecule has 0 saturated carbocycles. The molecule has 2 aromatic rings. The lowest BCUT2D eigenvalue weighted by Gasteiger charge is -2.05. The SMILES string of the molecule is O=C(CCn1cncn1)NCCc1cccc(F)c1. The van der Waals surface area contributed by atoms with Crippen LogP contribution >= 0.6 is 0 Å². The van der Waals surface area contributed by atoms with Crippen molar-refractivity contribution in [2.45, 2.75) is 19.4 Å². The van der Waals surface area contributed by atoms with Crippen molar-refractivity contribution >= 4 is 5.91 Å². The smallest absolute Gasteiger partial charge is 0.221 e. The highest BCUT2D eigenvalue weighted by atomic mass is 19.1. The van der Waals surface area contributed by atoms with E-state index in [1.807, 2.05) is 6.07 Å². The van der Waals surface area contributed by atoms with E-state index in [0.717, 1.165) is 5.56 Å². The van der Waals surface area contributed by atoms with Gasteiger partial charge in [-0.15, -0.1) is 0 Å². The first-order valence-electron chi connectivity index (χ1n) is 6.07. The summed E-state index contributed by atoms with van der Waals surface area (Å²) in [7, 11) is 0. The molecule has 19 heavy (non-hydrogen) atoms. The van der Waals surface area contributed by atoms with E-state index < -0.39 is 0 Å². The fourth-order valence-electron chi connectivity index (χ4n) is 1.69. The predicted octanol–water partition coefficient (Wildman–Crippen LogP) is 1.17. The number of carbonyl (C=O) groups excluding carboxylic acids is 1. The molecular weight excluding hydrogens is 247 g/mol. The molecule has 6 heteroatoms. The molecule has 1 aromatic heterocycles. The molecule has 5 nitrogen and oxygen atoms in total. The van der Waals surface area contributed by atoms with Gasteiger partial charge in [0.25, 0.3) is 0 Å². The lowest BCUT2D eigenvalue weighted by molar-refractivity contribution is -0.121. The maximum absolute atomic E-state index is 12.9. The number of carbonyl (C=O) groups is 1. The van der Waals surface area contributed by atoms with E-state index in [2.05, 4.69) is 15.4 Å². The van der Waals surface area contributed by atoms with Crippen molar-refractivity contribution in [2.24, 2.45) is 0 Å². The zero-order valence-electron chi connectivity index (χ0n) is 10.4. The topological polar surface area (TPSA) is 59.8 Å². The van der Waals surface area contributed by atoms with Crippen LogP contribution in [-0.4, -0.2) is 27.2 Å². The number of amides is 1. The molecule has 0 spiro atoms. The molecule has 1 heterocycles. The summed E-state index contributed by atoms with van der Waals surface area (Å²) < 4.78 is 14.5. The zero-order valence-corrected chi connectivity index (χ0v) is 10.4. The molecule has 0 atom stereocenters. The van der Waals surface area contributed by atoms with Crippen LogP contribution in [0.15, 0.2) is 36.9 Å². The summed E-state index contributed by atoms with van der Waals surface area (Å²) in [6.45, 7) is 1.01. The number of rotatable bonds is 6. The van der Waals surface area contributed by atoms with Crippen LogP contribution in [-0.2, 0) is 17.8 Å². The van der Waals surface area contributed by atoms with Gasteiger partial charge in [0, 0.05) is 13.0 Å². The minimum atomic E-state index is -0.255. The van der Waals surface area contributed by atoms with Crippen LogP contribution in [0.1, 0.15) is 12.0 Å². The standard InChI is InChI=1S/C13H15FN4O/c14-12-3-1-2-11(8-12)4-6-16-13(19)5-7-18-10-15-9-17-18/h1-3,8-10H,4-7H2,(H,16,19). The number of hydrogen-bond acceptors (Lipinski definition) is 3. The summed E-state index contributed by atoms with van der Waals surface area (Å²) in [6, 6.07) is 6.38. The highest BCUT2D eigenvalue weighted by molar-refractivity contribution is 5.75.